The number of hydrogen-bond donors (Lipinski definition) is 1. The number of aryl methyl sites for hydroxylation is 2. The molecule has 0 fully saturated rings. The Hall–Kier alpha value is -1.48. The molecule has 2 aromatic rings. The Morgan fingerprint density at radius 3 is 2.59 bits per heavy atom. The normalized spacial score (nSPS) is 13.0. The number of fused-ring (bicyclic) bond motifs is 1. The van der Waals surface area contributed by atoms with Gasteiger partial charge in [0.2, 0.25) is 0 Å². The van der Waals surface area contributed by atoms with E-state index in [4.69, 9.17) is 4.74 Å². The summed E-state index contributed by atoms with van der Waals surface area (Å²) < 4.78 is 7.57. The number of aromatic nitrogens is 1. The zero-order chi connectivity index (χ0) is 12.6. The summed E-state index contributed by atoms with van der Waals surface area (Å²) in [5.74, 6) is 0.921. The zero-order valence-corrected chi connectivity index (χ0v) is 11.2. The second-order valence-corrected chi connectivity index (χ2v) is 4.52. The van der Waals surface area contributed by atoms with Crippen LogP contribution in [0.2, 0.25) is 0 Å². The van der Waals surface area contributed by atoms with Gasteiger partial charge in [0, 0.05) is 24.2 Å². The third kappa shape index (κ3) is 1.91. The lowest BCUT2D eigenvalue weighted by Gasteiger charge is -2.12. The minimum Gasteiger partial charge on any atom is -0.497 e. The van der Waals surface area contributed by atoms with E-state index >= 15 is 0 Å². The number of hydrogen-bond acceptors (Lipinski definition) is 2. The SMILES string of the molecule is CNC(C)c1cc2cc(OC)cc(C)c2n1C. The van der Waals surface area contributed by atoms with Gasteiger partial charge in [-0.3, -0.25) is 0 Å². The summed E-state index contributed by atoms with van der Waals surface area (Å²) in [6.07, 6.45) is 0. The first-order valence-corrected chi connectivity index (χ1v) is 5.89. The molecule has 1 atom stereocenters. The first kappa shape index (κ1) is 12.0. The molecule has 1 unspecified atom stereocenters. The highest BCUT2D eigenvalue weighted by atomic mass is 16.5. The summed E-state index contributed by atoms with van der Waals surface area (Å²) in [5, 5.41) is 4.52. The van der Waals surface area contributed by atoms with E-state index in [0.29, 0.717) is 6.04 Å². The molecule has 0 bridgehead atoms. The van der Waals surface area contributed by atoms with Gasteiger partial charge in [0.25, 0.3) is 0 Å². The van der Waals surface area contributed by atoms with Crippen LogP contribution in [-0.4, -0.2) is 18.7 Å². The third-order valence-corrected chi connectivity index (χ3v) is 3.44. The number of benzene rings is 1. The molecule has 1 N–H and O–H groups in total. The van der Waals surface area contributed by atoms with Crippen LogP contribution < -0.4 is 10.1 Å². The summed E-state index contributed by atoms with van der Waals surface area (Å²) in [5.41, 5.74) is 3.82. The van der Waals surface area contributed by atoms with Crippen LogP contribution in [0.25, 0.3) is 10.9 Å². The van der Waals surface area contributed by atoms with Gasteiger partial charge in [-0.25, -0.2) is 0 Å². The second kappa shape index (κ2) is 4.41. The molecule has 1 aromatic carbocycles. The molecule has 0 saturated carbocycles. The van der Waals surface area contributed by atoms with E-state index in [1.54, 1.807) is 7.11 Å². The molecule has 2 rings (SSSR count). The third-order valence-electron chi connectivity index (χ3n) is 3.44. The monoisotopic (exact) mass is 232 g/mol. The van der Waals surface area contributed by atoms with Gasteiger partial charge in [-0.15, -0.1) is 0 Å². The molecule has 17 heavy (non-hydrogen) atoms. The average molecular weight is 232 g/mol. The Balaban J connectivity index is 2.68. The van der Waals surface area contributed by atoms with Gasteiger partial charge in [0.15, 0.2) is 0 Å². The minimum absolute atomic E-state index is 0.345. The predicted molar refractivity (Wildman–Crippen MR) is 71.7 cm³/mol. The van der Waals surface area contributed by atoms with Crippen LogP contribution in [0.1, 0.15) is 24.2 Å². The Kier molecular flexibility index (Phi) is 3.11. The summed E-state index contributed by atoms with van der Waals surface area (Å²) >= 11 is 0. The number of nitrogens with zero attached hydrogens (tertiary/aromatic N) is 1. The Morgan fingerprint density at radius 1 is 1.29 bits per heavy atom. The van der Waals surface area contributed by atoms with Crippen molar-refractivity contribution in [3.63, 3.8) is 0 Å². The van der Waals surface area contributed by atoms with Crippen molar-refractivity contribution >= 4 is 10.9 Å². The maximum Gasteiger partial charge on any atom is 0.119 e. The van der Waals surface area contributed by atoms with Crippen molar-refractivity contribution in [3.8, 4) is 5.75 Å². The van der Waals surface area contributed by atoms with E-state index in [0.717, 1.165) is 5.75 Å². The van der Waals surface area contributed by atoms with Crippen LogP contribution in [-0.2, 0) is 7.05 Å². The van der Waals surface area contributed by atoms with E-state index < -0.39 is 0 Å². The van der Waals surface area contributed by atoms with Crippen molar-refractivity contribution in [3.05, 3.63) is 29.5 Å². The van der Waals surface area contributed by atoms with Gasteiger partial charge in [0.1, 0.15) is 5.75 Å². The Labute approximate surface area is 102 Å². The molecule has 0 radical (unpaired) electrons. The topological polar surface area (TPSA) is 26.2 Å². The quantitative estimate of drug-likeness (QED) is 0.880. The molecule has 3 nitrogen and oxygen atoms in total. The van der Waals surface area contributed by atoms with Crippen LogP contribution in [0.3, 0.4) is 0 Å². The van der Waals surface area contributed by atoms with Crippen LogP contribution in [0.4, 0.5) is 0 Å². The maximum atomic E-state index is 5.31. The summed E-state index contributed by atoms with van der Waals surface area (Å²) in [7, 11) is 5.81. The van der Waals surface area contributed by atoms with Gasteiger partial charge in [-0.05, 0) is 44.7 Å². The molecule has 0 aliphatic carbocycles. The molecule has 92 valence electrons. The van der Waals surface area contributed by atoms with E-state index in [-0.39, 0.29) is 0 Å². The molecule has 1 heterocycles. The molecule has 0 aliphatic rings. The van der Waals surface area contributed by atoms with Gasteiger partial charge >= 0.3 is 0 Å². The molecule has 0 spiro atoms. The highest BCUT2D eigenvalue weighted by Gasteiger charge is 2.13. The van der Waals surface area contributed by atoms with E-state index in [1.165, 1.54) is 22.2 Å². The Bertz CT molecular complexity index is 543. The second-order valence-electron chi connectivity index (χ2n) is 4.52. The van der Waals surface area contributed by atoms with Crippen molar-refractivity contribution in [1.82, 2.24) is 9.88 Å². The van der Waals surface area contributed by atoms with Gasteiger partial charge in [-0.1, -0.05) is 0 Å². The van der Waals surface area contributed by atoms with Gasteiger partial charge in [0.05, 0.1) is 12.6 Å². The van der Waals surface area contributed by atoms with E-state index in [9.17, 15) is 0 Å². The average Bonchev–Trinajstić information content (AvgIpc) is 2.66. The molecule has 0 saturated heterocycles. The lowest BCUT2D eigenvalue weighted by molar-refractivity contribution is 0.415. The first-order chi connectivity index (χ1) is 8.08. The van der Waals surface area contributed by atoms with Crippen LogP contribution >= 0.6 is 0 Å². The smallest absolute Gasteiger partial charge is 0.119 e. The van der Waals surface area contributed by atoms with Crippen molar-refractivity contribution in [2.45, 2.75) is 19.9 Å². The van der Waals surface area contributed by atoms with Crippen molar-refractivity contribution in [2.75, 3.05) is 14.2 Å². The number of ether oxygens (including phenoxy) is 1. The number of nitrogens with one attached hydrogen (secondary N) is 1. The largest absolute Gasteiger partial charge is 0.497 e. The van der Waals surface area contributed by atoms with Crippen LogP contribution in [0, 0.1) is 6.92 Å². The molecular formula is C14H20N2O. The fourth-order valence-corrected chi connectivity index (χ4v) is 2.41. The predicted octanol–water partition coefficient (Wildman–Crippen LogP) is 2.78. The Morgan fingerprint density at radius 2 is 2.00 bits per heavy atom. The van der Waals surface area contributed by atoms with Gasteiger partial charge in [-0.2, -0.15) is 0 Å². The molecule has 0 aliphatic heterocycles. The molecular weight excluding hydrogens is 212 g/mol. The van der Waals surface area contributed by atoms with Crippen molar-refractivity contribution in [1.29, 1.82) is 0 Å². The lowest BCUT2D eigenvalue weighted by atomic mass is 10.1. The molecule has 1 aromatic heterocycles. The van der Waals surface area contributed by atoms with E-state index in [1.807, 2.05) is 7.05 Å². The van der Waals surface area contributed by atoms with Gasteiger partial charge < -0.3 is 14.6 Å². The zero-order valence-electron chi connectivity index (χ0n) is 11.2. The standard InChI is InChI=1S/C14H20N2O/c1-9-6-12(17-5)7-11-8-13(10(2)15-3)16(4)14(9)11/h6-8,10,15H,1-5H3. The lowest BCUT2D eigenvalue weighted by Crippen LogP contribution is -2.15. The summed E-state index contributed by atoms with van der Waals surface area (Å²) in [6, 6.07) is 6.74. The summed E-state index contributed by atoms with van der Waals surface area (Å²) in [4.78, 5) is 0. The highest BCUT2D eigenvalue weighted by Crippen LogP contribution is 2.29. The molecule has 3 heteroatoms. The van der Waals surface area contributed by atoms with Crippen molar-refractivity contribution in [2.24, 2.45) is 7.05 Å². The number of rotatable bonds is 3. The maximum absolute atomic E-state index is 5.31. The van der Waals surface area contributed by atoms with E-state index in [2.05, 4.69) is 49.0 Å². The fraction of sp³-hybridized carbons (Fsp3) is 0.429. The highest BCUT2D eigenvalue weighted by molar-refractivity contribution is 5.86. The van der Waals surface area contributed by atoms with Crippen LogP contribution in [0.5, 0.6) is 5.75 Å². The first-order valence-electron chi connectivity index (χ1n) is 5.89. The number of methoxy groups -OCH3 is 1. The fourth-order valence-electron chi connectivity index (χ4n) is 2.41. The van der Waals surface area contributed by atoms with Crippen molar-refractivity contribution < 1.29 is 4.74 Å². The minimum atomic E-state index is 0.345. The molecule has 0 amide bonds. The van der Waals surface area contributed by atoms with Crippen LogP contribution in [0.15, 0.2) is 18.2 Å². The summed E-state index contributed by atoms with van der Waals surface area (Å²) in [6.45, 7) is 4.29.